The van der Waals surface area contributed by atoms with Crippen molar-refractivity contribution in [2.45, 2.75) is 46.1 Å². The van der Waals surface area contributed by atoms with Crippen molar-refractivity contribution in [1.29, 1.82) is 0 Å². The first-order valence-electron chi connectivity index (χ1n) is 5.52. The zero-order valence-corrected chi connectivity index (χ0v) is 9.32. The third-order valence-electron chi connectivity index (χ3n) is 2.60. The fraction of sp³-hybridized carbons (Fsp3) is 1.00. The van der Waals surface area contributed by atoms with E-state index in [-0.39, 0.29) is 0 Å². The number of nitrogens with one attached hydrogen (secondary N) is 2. The molecule has 1 unspecified atom stereocenters. The van der Waals surface area contributed by atoms with E-state index in [4.69, 9.17) is 0 Å². The van der Waals surface area contributed by atoms with E-state index >= 15 is 0 Å². The van der Waals surface area contributed by atoms with Crippen LogP contribution in [0, 0.1) is 5.41 Å². The van der Waals surface area contributed by atoms with Crippen LogP contribution in [0.15, 0.2) is 0 Å². The maximum absolute atomic E-state index is 3.62. The van der Waals surface area contributed by atoms with Crippen molar-refractivity contribution in [1.82, 2.24) is 10.6 Å². The van der Waals surface area contributed by atoms with Crippen molar-refractivity contribution in [3.63, 3.8) is 0 Å². The number of hydrogen-bond acceptors (Lipinski definition) is 2. The van der Waals surface area contributed by atoms with Gasteiger partial charge in [-0.3, -0.25) is 0 Å². The molecule has 0 radical (unpaired) electrons. The molecule has 13 heavy (non-hydrogen) atoms. The second kappa shape index (κ2) is 4.97. The number of hydrogen-bond donors (Lipinski definition) is 2. The molecule has 1 saturated heterocycles. The van der Waals surface area contributed by atoms with Gasteiger partial charge in [0.2, 0.25) is 0 Å². The van der Waals surface area contributed by atoms with Crippen molar-refractivity contribution in [2.75, 3.05) is 19.6 Å². The zero-order chi connectivity index (χ0) is 9.73. The zero-order valence-electron chi connectivity index (χ0n) is 9.32. The average Bonchev–Trinajstić information content (AvgIpc) is 2.04. The minimum atomic E-state index is 0.467. The molecular formula is C11H24N2. The number of rotatable bonds is 3. The molecule has 0 aromatic heterocycles. The van der Waals surface area contributed by atoms with Gasteiger partial charge in [-0.1, -0.05) is 20.8 Å². The van der Waals surface area contributed by atoms with Crippen molar-refractivity contribution >= 4 is 0 Å². The SMILES string of the molecule is CC(C)(C)CCNC1CCCNC1. The molecule has 2 N–H and O–H groups in total. The predicted molar refractivity (Wildman–Crippen MR) is 58.0 cm³/mol. The summed E-state index contributed by atoms with van der Waals surface area (Å²) in [6.07, 6.45) is 3.94. The molecule has 1 fully saturated rings. The van der Waals surface area contributed by atoms with Gasteiger partial charge in [0.1, 0.15) is 0 Å². The van der Waals surface area contributed by atoms with E-state index in [1.165, 1.54) is 25.8 Å². The van der Waals surface area contributed by atoms with Crippen LogP contribution in [0.3, 0.4) is 0 Å². The average molecular weight is 184 g/mol. The van der Waals surface area contributed by atoms with Crippen LogP contribution in [-0.4, -0.2) is 25.7 Å². The molecule has 2 heteroatoms. The van der Waals surface area contributed by atoms with E-state index in [1.807, 2.05) is 0 Å². The molecule has 1 aliphatic heterocycles. The van der Waals surface area contributed by atoms with Crippen LogP contribution < -0.4 is 10.6 Å². The summed E-state index contributed by atoms with van der Waals surface area (Å²) in [5.41, 5.74) is 0.467. The molecule has 2 nitrogen and oxygen atoms in total. The Hall–Kier alpha value is -0.0800. The largest absolute Gasteiger partial charge is 0.315 e. The minimum Gasteiger partial charge on any atom is -0.315 e. The van der Waals surface area contributed by atoms with E-state index in [9.17, 15) is 0 Å². The lowest BCUT2D eigenvalue weighted by Gasteiger charge is -2.26. The molecule has 0 aromatic rings. The highest BCUT2D eigenvalue weighted by Gasteiger charge is 2.14. The first kappa shape index (κ1) is 11.0. The molecule has 0 aromatic carbocycles. The van der Waals surface area contributed by atoms with Gasteiger partial charge < -0.3 is 10.6 Å². The summed E-state index contributed by atoms with van der Waals surface area (Å²) >= 11 is 0. The van der Waals surface area contributed by atoms with Crippen LogP contribution in [0.5, 0.6) is 0 Å². The quantitative estimate of drug-likeness (QED) is 0.698. The van der Waals surface area contributed by atoms with Crippen molar-refractivity contribution < 1.29 is 0 Å². The molecule has 78 valence electrons. The lowest BCUT2D eigenvalue weighted by Crippen LogP contribution is -2.43. The Morgan fingerprint density at radius 1 is 1.38 bits per heavy atom. The van der Waals surface area contributed by atoms with E-state index in [1.54, 1.807) is 0 Å². The predicted octanol–water partition coefficient (Wildman–Crippen LogP) is 1.76. The summed E-state index contributed by atoms with van der Waals surface area (Å²) in [6.45, 7) is 10.4. The smallest absolute Gasteiger partial charge is 0.0192 e. The normalized spacial score (nSPS) is 24.7. The molecule has 0 spiro atoms. The second-order valence-electron chi connectivity index (χ2n) is 5.31. The van der Waals surface area contributed by atoms with Gasteiger partial charge in [0.25, 0.3) is 0 Å². The first-order chi connectivity index (χ1) is 6.08. The summed E-state index contributed by atoms with van der Waals surface area (Å²) in [5.74, 6) is 0. The molecular weight excluding hydrogens is 160 g/mol. The fourth-order valence-electron chi connectivity index (χ4n) is 1.68. The third-order valence-corrected chi connectivity index (χ3v) is 2.60. The van der Waals surface area contributed by atoms with Crippen LogP contribution in [0.2, 0.25) is 0 Å². The maximum Gasteiger partial charge on any atom is 0.0192 e. The Bertz CT molecular complexity index is 132. The highest BCUT2D eigenvalue weighted by atomic mass is 15.0. The molecule has 1 aliphatic rings. The Morgan fingerprint density at radius 2 is 2.15 bits per heavy atom. The van der Waals surface area contributed by atoms with Crippen LogP contribution in [0.25, 0.3) is 0 Å². The standard InChI is InChI=1S/C11H24N2/c1-11(2,3)6-8-13-10-5-4-7-12-9-10/h10,12-13H,4-9H2,1-3H3. The van der Waals surface area contributed by atoms with Gasteiger partial charge in [-0.2, -0.15) is 0 Å². The summed E-state index contributed by atoms with van der Waals surface area (Å²) in [5, 5.41) is 7.04. The summed E-state index contributed by atoms with van der Waals surface area (Å²) in [4.78, 5) is 0. The Labute approximate surface area is 82.5 Å². The van der Waals surface area contributed by atoms with Gasteiger partial charge in [0, 0.05) is 12.6 Å². The monoisotopic (exact) mass is 184 g/mol. The maximum atomic E-state index is 3.62. The van der Waals surface area contributed by atoms with Crippen LogP contribution in [-0.2, 0) is 0 Å². The lowest BCUT2D eigenvalue weighted by molar-refractivity contribution is 0.330. The molecule has 1 heterocycles. The first-order valence-corrected chi connectivity index (χ1v) is 5.52. The van der Waals surface area contributed by atoms with Gasteiger partial charge in [0.05, 0.1) is 0 Å². The molecule has 1 rings (SSSR count). The van der Waals surface area contributed by atoms with Crippen molar-refractivity contribution in [2.24, 2.45) is 5.41 Å². The molecule has 0 aliphatic carbocycles. The molecule has 1 atom stereocenters. The van der Waals surface area contributed by atoms with Gasteiger partial charge in [0.15, 0.2) is 0 Å². The van der Waals surface area contributed by atoms with Gasteiger partial charge in [-0.15, -0.1) is 0 Å². The Morgan fingerprint density at radius 3 is 2.69 bits per heavy atom. The van der Waals surface area contributed by atoms with Crippen molar-refractivity contribution in [3.8, 4) is 0 Å². The van der Waals surface area contributed by atoms with E-state index in [2.05, 4.69) is 31.4 Å². The van der Waals surface area contributed by atoms with Crippen LogP contribution in [0.4, 0.5) is 0 Å². The molecule has 0 bridgehead atoms. The fourth-order valence-corrected chi connectivity index (χ4v) is 1.68. The number of piperidine rings is 1. The Kier molecular flexibility index (Phi) is 4.20. The van der Waals surface area contributed by atoms with E-state index < -0.39 is 0 Å². The lowest BCUT2D eigenvalue weighted by atomic mass is 9.92. The van der Waals surface area contributed by atoms with E-state index in [0.717, 1.165) is 19.1 Å². The summed E-state index contributed by atoms with van der Waals surface area (Å²) in [6, 6.07) is 0.719. The third kappa shape index (κ3) is 5.27. The highest BCUT2D eigenvalue weighted by molar-refractivity contribution is 4.75. The summed E-state index contributed by atoms with van der Waals surface area (Å²) < 4.78 is 0. The van der Waals surface area contributed by atoms with Gasteiger partial charge in [-0.25, -0.2) is 0 Å². The van der Waals surface area contributed by atoms with Gasteiger partial charge in [-0.05, 0) is 37.8 Å². The second-order valence-corrected chi connectivity index (χ2v) is 5.31. The van der Waals surface area contributed by atoms with Crippen LogP contribution >= 0.6 is 0 Å². The molecule has 0 amide bonds. The van der Waals surface area contributed by atoms with Crippen molar-refractivity contribution in [3.05, 3.63) is 0 Å². The molecule has 0 saturated carbocycles. The van der Waals surface area contributed by atoms with Gasteiger partial charge >= 0.3 is 0 Å². The Balaban J connectivity index is 2.04. The minimum absolute atomic E-state index is 0.467. The van der Waals surface area contributed by atoms with Crippen LogP contribution in [0.1, 0.15) is 40.0 Å². The highest BCUT2D eigenvalue weighted by Crippen LogP contribution is 2.17. The van der Waals surface area contributed by atoms with E-state index in [0.29, 0.717) is 5.41 Å². The summed E-state index contributed by atoms with van der Waals surface area (Å²) in [7, 11) is 0. The topological polar surface area (TPSA) is 24.1 Å².